The number of ether oxygens (including phenoxy) is 2. The number of fused-ring (bicyclic) bond motifs is 1. The highest BCUT2D eigenvalue weighted by molar-refractivity contribution is 5.97. The van der Waals surface area contributed by atoms with Gasteiger partial charge in [-0.25, -0.2) is 9.67 Å². The van der Waals surface area contributed by atoms with Gasteiger partial charge in [0.25, 0.3) is 5.91 Å². The summed E-state index contributed by atoms with van der Waals surface area (Å²) >= 11 is 0. The predicted molar refractivity (Wildman–Crippen MR) is 129 cm³/mol. The van der Waals surface area contributed by atoms with Gasteiger partial charge in [-0.3, -0.25) is 4.79 Å². The van der Waals surface area contributed by atoms with Gasteiger partial charge in [-0.05, 0) is 45.2 Å². The average molecular weight is 452 g/mol. The smallest absolute Gasteiger partial charge is 0.255 e. The van der Waals surface area contributed by atoms with Crippen molar-refractivity contribution in [2.75, 3.05) is 25.1 Å². The number of carbonyl (C=O) groups excluding carboxylic acids is 1. The van der Waals surface area contributed by atoms with Crippen molar-refractivity contribution in [3.63, 3.8) is 0 Å². The molecule has 8 heteroatoms. The third kappa shape index (κ3) is 4.95. The van der Waals surface area contributed by atoms with Crippen molar-refractivity contribution in [3.8, 4) is 5.75 Å². The van der Waals surface area contributed by atoms with Gasteiger partial charge in [0.15, 0.2) is 5.65 Å². The van der Waals surface area contributed by atoms with E-state index in [1.807, 2.05) is 36.0 Å². The fourth-order valence-corrected chi connectivity index (χ4v) is 4.30. The van der Waals surface area contributed by atoms with Gasteiger partial charge < -0.3 is 20.1 Å². The largest absolute Gasteiger partial charge is 0.493 e. The highest BCUT2D eigenvalue weighted by atomic mass is 16.5. The number of aryl methyl sites for hydroxylation is 2. The van der Waals surface area contributed by atoms with Crippen molar-refractivity contribution in [1.82, 2.24) is 20.1 Å². The Labute approximate surface area is 194 Å². The molecule has 2 N–H and O–H groups in total. The monoisotopic (exact) mass is 451 g/mol. The number of pyridine rings is 1. The molecule has 0 spiro atoms. The molecule has 3 aromatic rings. The van der Waals surface area contributed by atoms with Gasteiger partial charge >= 0.3 is 0 Å². The summed E-state index contributed by atoms with van der Waals surface area (Å²) in [4.78, 5) is 18.0. The minimum atomic E-state index is -0.164. The van der Waals surface area contributed by atoms with Crippen LogP contribution >= 0.6 is 0 Å². The maximum atomic E-state index is 13.1. The Hall–Kier alpha value is -3.13. The standard InChI is InChI=1S/C25H33N5O3/c1-4-21-19(15-26-25(31)18-9-7-8-10-22(18)33-6-3)23(28-17-11-13-32-14-12-17)20-16-27-30(5-2)24(20)29-21/h7-10,16-17H,4-6,11-15H2,1-3H3,(H,26,31)(H,28,29). The Bertz CT molecular complexity index is 1100. The lowest BCUT2D eigenvalue weighted by molar-refractivity contribution is 0.0904. The number of hydrogen-bond acceptors (Lipinski definition) is 6. The Morgan fingerprint density at radius 3 is 2.73 bits per heavy atom. The van der Waals surface area contributed by atoms with Crippen LogP contribution in [0, 0.1) is 0 Å². The van der Waals surface area contributed by atoms with Crippen molar-refractivity contribution in [2.45, 2.75) is 59.2 Å². The number of aromatic nitrogens is 3. The lowest BCUT2D eigenvalue weighted by Crippen LogP contribution is -2.30. The van der Waals surface area contributed by atoms with E-state index >= 15 is 0 Å². The maximum Gasteiger partial charge on any atom is 0.255 e. The minimum absolute atomic E-state index is 0.164. The highest BCUT2D eigenvalue weighted by Gasteiger charge is 2.22. The molecule has 0 saturated carbocycles. The van der Waals surface area contributed by atoms with Gasteiger partial charge in [0.1, 0.15) is 5.75 Å². The van der Waals surface area contributed by atoms with Crippen LogP contribution in [0.5, 0.6) is 5.75 Å². The van der Waals surface area contributed by atoms with Crippen LogP contribution in [0.25, 0.3) is 11.0 Å². The van der Waals surface area contributed by atoms with E-state index in [0.29, 0.717) is 30.5 Å². The van der Waals surface area contributed by atoms with E-state index in [2.05, 4.69) is 29.6 Å². The quantitative estimate of drug-likeness (QED) is 0.512. The molecule has 176 valence electrons. The number of rotatable bonds is 9. The molecule has 1 fully saturated rings. The number of amides is 1. The van der Waals surface area contributed by atoms with E-state index in [4.69, 9.17) is 14.5 Å². The summed E-state index contributed by atoms with van der Waals surface area (Å²) in [7, 11) is 0. The van der Waals surface area contributed by atoms with Crippen LogP contribution in [0.1, 0.15) is 55.2 Å². The molecule has 0 bridgehead atoms. The van der Waals surface area contributed by atoms with E-state index in [1.165, 1.54) is 0 Å². The van der Waals surface area contributed by atoms with Crippen molar-refractivity contribution in [3.05, 3.63) is 47.3 Å². The molecule has 0 unspecified atom stereocenters. The lowest BCUT2D eigenvalue weighted by atomic mass is 10.0. The lowest BCUT2D eigenvalue weighted by Gasteiger charge is -2.26. The first kappa shape index (κ1) is 23.0. The van der Waals surface area contributed by atoms with E-state index < -0.39 is 0 Å². The van der Waals surface area contributed by atoms with Gasteiger partial charge in [-0.2, -0.15) is 5.10 Å². The molecule has 0 radical (unpaired) electrons. The van der Waals surface area contributed by atoms with E-state index in [-0.39, 0.29) is 5.91 Å². The van der Waals surface area contributed by atoms with Gasteiger partial charge in [-0.15, -0.1) is 0 Å². The first-order valence-electron chi connectivity index (χ1n) is 11.9. The topological polar surface area (TPSA) is 90.3 Å². The summed E-state index contributed by atoms with van der Waals surface area (Å²) in [6.07, 6.45) is 4.53. The van der Waals surface area contributed by atoms with Crippen LogP contribution in [-0.2, 0) is 24.2 Å². The van der Waals surface area contributed by atoms with Crippen LogP contribution in [0.15, 0.2) is 30.5 Å². The molecule has 1 saturated heterocycles. The Morgan fingerprint density at radius 1 is 1.21 bits per heavy atom. The zero-order valence-electron chi connectivity index (χ0n) is 19.7. The Kier molecular flexibility index (Phi) is 7.44. The third-order valence-electron chi connectivity index (χ3n) is 6.03. The SMILES string of the molecule is CCOc1ccccc1C(=O)NCc1c(CC)nc2c(cnn2CC)c1NC1CCOCC1. The molecular formula is C25H33N5O3. The van der Waals surface area contributed by atoms with Crippen molar-refractivity contribution < 1.29 is 14.3 Å². The zero-order chi connectivity index (χ0) is 23.2. The van der Waals surface area contributed by atoms with Gasteiger partial charge in [0.05, 0.1) is 29.4 Å². The summed E-state index contributed by atoms with van der Waals surface area (Å²) in [6.45, 7) is 9.19. The summed E-state index contributed by atoms with van der Waals surface area (Å²) in [5.41, 5.74) is 4.40. The fourth-order valence-electron chi connectivity index (χ4n) is 4.30. The van der Waals surface area contributed by atoms with Gasteiger partial charge in [-0.1, -0.05) is 19.1 Å². The summed E-state index contributed by atoms with van der Waals surface area (Å²) < 4.78 is 13.1. The van der Waals surface area contributed by atoms with Crippen molar-refractivity contribution >= 4 is 22.6 Å². The number of hydrogen-bond donors (Lipinski definition) is 2. The van der Waals surface area contributed by atoms with E-state index in [0.717, 1.165) is 67.0 Å². The molecule has 4 rings (SSSR count). The second kappa shape index (κ2) is 10.7. The molecule has 8 nitrogen and oxygen atoms in total. The molecule has 1 aliphatic rings. The summed E-state index contributed by atoms with van der Waals surface area (Å²) in [5.74, 6) is 0.425. The zero-order valence-corrected chi connectivity index (χ0v) is 19.7. The number of nitrogens with zero attached hydrogens (tertiary/aromatic N) is 3. The highest BCUT2D eigenvalue weighted by Crippen LogP contribution is 2.31. The predicted octanol–water partition coefficient (Wildman–Crippen LogP) is 3.93. The Morgan fingerprint density at radius 2 is 2.00 bits per heavy atom. The number of para-hydroxylation sites is 1. The molecule has 1 aliphatic heterocycles. The number of carbonyl (C=O) groups is 1. The molecule has 0 atom stereocenters. The maximum absolute atomic E-state index is 13.1. The molecule has 33 heavy (non-hydrogen) atoms. The summed E-state index contributed by atoms with van der Waals surface area (Å²) in [5, 5.41) is 12.4. The summed E-state index contributed by atoms with van der Waals surface area (Å²) in [6, 6.07) is 7.64. The van der Waals surface area contributed by atoms with Crippen LogP contribution in [0.2, 0.25) is 0 Å². The average Bonchev–Trinajstić information content (AvgIpc) is 3.27. The second-order valence-corrected chi connectivity index (χ2v) is 8.11. The molecule has 0 aliphatic carbocycles. The number of benzene rings is 1. The Balaban J connectivity index is 1.68. The molecular weight excluding hydrogens is 418 g/mol. The first-order valence-corrected chi connectivity index (χ1v) is 11.9. The van der Waals surface area contributed by atoms with Crippen molar-refractivity contribution in [2.24, 2.45) is 0 Å². The number of anilines is 1. The fraction of sp³-hybridized carbons (Fsp3) is 0.480. The van der Waals surface area contributed by atoms with Crippen LogP contribution in [0.3, 0.4) is 0 Å². The molecule has 1 amide bonds. The minimum Gasteiger partial charge on any atom is -0.493 e. The molecule has 3 heterocycles. The van der Waals surface area contributed by atoms with E-state index in [1.54, 1.807) is 6.07 Å². The van der Waals surface area contributed by atoms with Crippen LogP contribution < -0.4 is 15.4 Å². The van der Waals surface area contributed by atoms with E-state index in [9.17, 15) is 4.79 Å². The van der Waals surface area contributed by atoms with Crippen molar-refractivity contribution in [1.29, 1.82) is 0 Å². The van der Waals surface area contributed by atoms with Gasteiger partial charge in [0.2, 0.25) is 0 Å². The number of nitrogens with one attached hydrogen (secondary N) is 2. The molecule has 1 aromatic carbocycles. The molecule has 2 aromatic heterocycles. The van der Waals surface area contributed by atoms with Crippen LogP contribution in [0.4, 0.5) is 5.69 Å². The second-order valence-electron chi connectivity index (χ2n) is 8.11. The third-order valence-corrected chi connectivity index (χ3v) is 6.03. The first-order chi connectivity index (χ1) is 16.2. The van der Waals surface area contributed by atoms with Gasteiger partial charge in [0, 0.05) is 43.6 Å². The van der Waals surface area contributed by atoms with Crippen LogP contribution in [-0.4, -0.2) is 46.5 Å². The normalized spacial score (nSPS) is 14.4.